The molecule has 2 aromatic rings. The fraction of sp³-hybridized carbons (Fsp3) is 0.125. The van der Waals surface area contributed by atoms with Crippen molar-refractivity contribution in [2.24, 2.45) is 0 Å². The van der Waals surface area contributed by atoms with Crippen molar-refractivity contribution in [2.75, 3.05) is 0 Å². The number of allylic oxidation sites excluding steroid dienone is 1. The summed E-state index contributed by atoms with van der Waals surface area (Å²) in [6.45, 7) is 1.98. The number of aliphatic hydroxyl groups excluding tert-OH is 1. The van der Waals surface area contributed by atoms with Crippen molar-refractivity contribution in [3.05, 3.63) is 70.9 Å². The molecule has 2 N–H and O–H groups in total. The van der Waals surface area contributed by atoms with E-state index in [4.69, 9.17) is 14.6 Å². The average molecular weight is 286 g/mol. The molecule has 108 valence electrons. The number of carbonyl (C=O) groups excluding carboxylic acids is 1. The summed E-state index contributed by atoms with van der Waals surface area (Å²) >= 11 is 0. The monoisotopic (exact) mass is 286 g/mol. The summed E-state index contributed by atoms with van der Waals surface area (Å²) < 4.78 is 5.28. The summed E-state index contributed by atoms with van der Waals surface area (Å²) in [5, 5.41) is 17.7. The Bertz CT molecular complexity index is 692. The Morgan fingerprint density at radius 2 is 1.81 bits per heavy atom. The van der Waals surface area contributed by atoms with Crippen molar-refractivity contribution < 1.29 is 24.2 Å². The Kier molecular flexibility index (Phi) is 4.23. The van der Waals surface area contributed by atoms with Gasteiger partial charge < -0.3 is 14.6 Å². The highest BCUT2D eigenvalue weighted by Crippen LogP contribution is 2.17. The quantitative estimate of drug-likeness (QED) is 0.501. The SMILES string of the molecule is Cc1ccc(Cc2occc2C(=O)/C=C(\O)C(=O)O)cc1. The molecule has 0 atom stereocenters. The van der Waals surface area contributed by atoms with Gasteiger partial charge in [0.1, 0.15) is 5.76 Å². The van der Waals surface area contributed by atoms with Crippen LogP contribution in [0.4, 0.5) is 0 Å². The van der Waals surface area contributed by atoms with E-state index < -0.39 is 17.5 Å². The van der Waals surface area contributed by atoms with Crippen LogP contribution in [0, 0.1) is 6.92 Å². The Balaban J connectivity index is 2.22. The van der Waals surface area contributed by atoms with Crippen LogP contribution < -0.4 is 0 Å². The highest BCUT2D eigenvalue weighted by Gasteiger charge is 2.16. The number of carbonyl (C=O) groups is 2. The molecule has 5 heteroatoms. The fourth-order valence-corrected chi connectivity index (χ4v) is 1.85. The van der Waals surface area contributed by atoms with Gasteiger partial charge in [-0.1, -0.05) is 29.8 Å². The first-order chi connectivity index (χ1) is 9.97. The predicted molar refractivity (Wildman–Crippen MR) is 75.4 cm³/mol. The lowest BCUT2D eigenvalue weighted by Gasteiger charge is -2.02. The molecule has 0 bridgehead atoms. The highest BCUT2D eigenvalue weighted by atomic mass is 16.4. The summed E-state index contributed by atoms with van der Waals surface area (Å²) in [5.41, 5.74) is 2.34. The number of carboxylic acids is 1. The van der Waals surface area contributed by atoms with Gasteiger partial charge in [-0.15, -0.1) is 0 Å². The number of aliphatic hydroxyl groups is 1. The van der Waals surface area contributed by atoms with Crippen molar-refractivity contribution in [2.45, 2.75) is 13.3 Å². The number of benzene rings is 1. The molecule has 21 heavy (non-hydrogen) atoms. The maximum Gasteiger partial charge on any atom is 0.371 e. The number of carboxylic acid groups (broad SMARTS) is 1. The Hall–Kier alpha value is -2.82. The first kappa shape index (κ1) is 14.6. The minimum absolute atomic E-state index is 0.239. The molecule has 0 saturated carbocycles. The molecule has 5 nitrogen and oxygen atoms in total. The number of rotatable bonds is 5. The maximum absolute atomic E-state index is 11.9. The number of aliphatic carboxylic acids is 1. The van der Waals surface area contributed by atoms with E-state index in [2.05, 4.69) is 0 Å². The van der Waals surface area contributed by atoms with Crippen LogP contribution in [-0.4, -0.2) is 22.0 Å². The molecule has 0 radical (unpaired) electrons. The van der Waals surface area contributed by atoms with E-state index in [9.17, 15) is 9.59 Å². The molecule has 0 spiro atoms. The third-order valence-corrected chi connectivity index (χ3v) is 2.98. The van der Waals surface area contributed by atoms with Gasteiger partial charge in [0, 0.05) is 12.5 Å². The van der Waals surface area contributed by atoms with Gasteiger partial charge in [-0.25, -0.2) is 4.79 Å². The first-order valence-electron chi connectivity index (χ1n) is 6.27. The van der Waals surface area contributed by atoms with Gasteiger partial charge in [-0.05, 0) is 18.6 Å². The van der Waals surface area contributed by atoms with E-state index in [1.165, 1.54) is 12.3 Å². The summed E-state index contributed by atoms with van der Waals surface area (Å²) in [7, 11) is 0. The van der Waals surface area contributed by atoms with Crippen molar-refractivity contribution in [1.82, 2.24) is 0 Å². The van der Waals surface area contributed by atoms with Crippen LogP contribution in [0.1, 0.15) is 27.2 Å². The van der Waals surface area contributed by atoms with Gasteiger partial charge in [0.2, 0.25) is 5.76 Å². The predicted octanol–water partition coefficient (Wildman–Crippen LogP) is 2.89. The zero-order chi connectivity index (χ0) is 15.4. The van der Waals surface area contributed by atoms with Crippen LogP contribution in [0.3, 0.4) is 0 Å². The van der Waals surface area contributed by atoms with E-state index >= 15 is 0 Å². The molecule has 0 aliphatic carbocycles. The lowest BCUT2D eigenvalue weighted by molar-refractivity contribution is -0.135. The van der Waals surface area contributed by atoms with Crippen LogP contribution >= 0.6 is 0 Å². The third kappa shape index (κ3) is 3.60. The van der Waals surface area contributed by atoms with Gasteiger partial charge >= 0.3 is 5.97 Å². The number of hydrogen-bond acceptors (Lipinski definition) is 4. The standard InChI is InChI=1S/C16H14O5/c1-10-2-4-11(5-3-10)8-15-12(6-7-21-15)13(17)9-14(18)16(19)20/h2-7,9,18H,8H2,1H3,(H,19,20)/b14-9-. The van der Waals surface area contributed by atoms with Crippen LogP contribution in [0.2, 0.25) is 0 Å². The molecule has 1 aromatic heterocycles. The Morgan fingerprint density at radius 3 is 2.43 bits per heavy atom. The van der Waals surface area contributed by atoms with Crippen LogP contribution in [0.25, 0.3) is 0 Å². The third-order valence-electron chi connectivity index (χ3n) is 2.98. The van der Waals surface area contributed by atoms with Crippen LogP contribution in [-0.2, 0) is 11.2 Å². The van der Waals surface area contributed by atoms with Crippen molar-refractivity contribution in [3.8, 4) is 0 Å². The first-order valence-corrected chi connectivity index (χ1v) is 6.27. The van der Waals surface area contributed by atoms with Gasteiger partial charge in [0.15, 0.2) is 5.78 Å². The molecule has 0 amide bonds. The van der Waals surface area contributed by atoms with E-state index in [1.54, 1.807) is 0 Å². The normalized spacial score (nSPS) is 11.4. The van der Waals surface area contributed by atoms with Crippen molar-refractivity contribution in [3.63, 3.8) is 0 Å². The number of furan rings is 1. The van der Waals surface area contributed by atoms with Crippen LogP contribution in [0.5, 0.6) is 0 Å². The average Bonchev–Trinajstić information content (AvgIpc) is 2.89. The lowest BCUT2D eigenvalue weighted by atomic mass is 10.0. The van der Waals surface area contributed by atoms with Crippen LogP contribution in [0.15, 0.2) is 52.8 Å². The second kappa shape index (κ2) is 6.09. The van der Waals surface area contributed by atoms with Crippen molar-refractivity contribution >= 4 is 11.8 Å². The second-order valence-electron chi connectivity index (χ2n) is 4.62. The molecule has 0 aliphatic rings. The lowest BCUT2D eigenvalue weighted by Crippen LogP contribution is -2.05. The topological polar surface area (TPSA) is 87.7 Å². The summed E-state index contributed by atoms with van der Waals surface area (Å²) in [6.07, 6.45) is 2.45. The summed E-state index contributed by atoms with van der Waals surface area (Å²) in [4.78, 5) is 22.4. The zero-order valence-electron chi connectivity index (χ0n) is 11.4. The van der Waals surface area contributed by atoms with Gasteiger partial charge in [0.05, 0.1) is 11.8 Å². The molecule has 0 unspecified atom stereocenters. The molecular formula is C16H14O5. The smallest absolute Gasteiger partial charge is 0.371 e. The van der Waals surface area contributed by atoms with Gasteiger partial charge in [-0.3, -0.25) is 4.79 Å². The molecule has 1 aromatic carbocycles. The Morgan fingerprint density at radius 1 is 1.14 bits per heavy atom. The second-order valence-corrected chi connectivity index (χ2v) is 4.62. The number of ketones is 1. The van der Waals surface area contributed by atoms with E-state index in [0.717, 1.165) is 11.1 Å². The highest BCUT2D eigenvalue weighted by molar-refractivity contribution is 6.08. The molecule has 0 fully saturated rings. The fourth-order valence-electron chi connectivity index (χ4n) is 1.85. The summed E-state index contributed by atoms with van der Waals surface area (Å²) in [5.74, 6) is -2.72. The largest absolute Gasteiger partial charge is 0.502 e. The number of aryl methyl sites for hydroxylation is 1. The number of hydrogen-bond donors (Lipinski definition) is 2. The molecule has 2 rings (SSSR count). The summed E-state index contributed by atoms with van der Waals surface area (Å²) in [6, 6.07) is 9.22. The molecular weight excluding hydrogens is 272 g/mol. The minimum Gasteiger partial charge on any atom is -0.502 e. The maximum atomic E-state index is 11.9. The Labute approximate surface area is 121 Å². The van der Waals surface area contributed by atoms with E-state index in [-0.39, 0.29) is 5.56 Å². The van der Waals surface area contributed by atoms with Gasteiger partial charge in [-0.2, -0.15) is 0 Å². The molecule has 0 aliphatic heterocycles. The molecule has 0 saturated heterocycles. The van der Waals surface area contributed by atoms with Crippen molar-refractivity contribution in [1.29, 1.82) is 0 Å². The minimum atomic E-state index is -1.55. The van der Waals surface area contributed by atoms with Gasteiger partial charge in [0.25, 0.3) is 0 Å². The van der Waals surface area contributed by atoms with E-state index in [0.29, 0.717) is 18.3 Å². The van der Waals surface area contributed by atoms with E-state index in [1.807, 2.05) is 31.2 Å². The zero-order valence-corrected chi connectivity index (χ0v) is 11.4. The molecule has 1 heterocycles.